The Morgan fingerprint density at radius 1 is 1.16 bits per heavy atom. The van der Waals surface area contributed by atoms with Gasteiger partial charge in [-0.3, -0.25) is 0 Å². The normalized spacial score (nSPS) is 17.4. The molecule has 3 aromatic rings. The summed E-state index contributed by atoms with van der Waals surface area (Å²) in [6.45, 7) is 3.03. The lowest BCUT2D eigenvalue weighted by Gasteiger charge is -2.28. The number of benzene rings is 1. The van der Waals surface area contributed by atoms with Gasteiger partial charge in [0.15, 0.2) is 0 Å². The minimum atomic E-state index is 0.205. The van der Waals surface area contributed by atoms with Gasteiger partial charge in [0.05, 0.1) is 12.3 Å². The molecule has 3 heterocycles. The molecule has 2 fully saturated rings. The van der Waals surface area contributed by atoms with E-state index in [4.69, 9.17) is 4.74 Å². The van der Waals surface area contributed by atoms with Crippen LogP contribution in [0.15, 0.2) is 30.5 Å². The van der Waals surface area contributed by atoms with Crippen LogP contribution in [0.25, 0.3) is 22.3 Å². The lowest BCUT2D eigenvalue weighted by atomic mass is 9.79. The third-order valence-electron chi connectivity index (χ3n) is 6.90. The van der Waals surface area contributed by atoms with Gasteiger partial charge in [-0.2, -0.15) is 5.26 Å². The van der Waals surface area contributed by atoms with E-state index in [0.29, 0.717) is 5.92 Å². The van der Waals surface area contributed by atoms with Crippen LogP contribution in [0.2, 0.25) is 0 Å². The first kappa shape index (κ1) is 20.0. The summed E-state index contributed by atoms with van der Waals surface area (Å²) >= 11 is 0. The molecule has 0 bridgehead atoms. The van der Waals surface area contributed by atoms with Crippen molar-refractivity contribution in [2.45, 2.75) is 44.4 Å². The van der Waals surface area contributed by atoms with E-state index in [9.17, 15) is 5.26 Å². The number of hydrogen-bond acceptors (Lipinski definition) is 5. The first-order valence-electron chi connectivity index (χ1n) is 11.4. The Balaban J connectivity index is 1.44. The molecule has 6 heteroatoms. The van der Waals surface area contributed by atoms with E-state index < -0.39 is 0 Å². The summed E-state index contributed by atoms with van der Waals surface area (Å²) in [7, 11) is 1.94. The molecule has 6 nitrogen and oxygen atoms in total. The maximum Gasteiger partial charge on any atom is 0.234 e. The number of fused-ring (bicyclic) bond motifs is 1. The van der Waals surface area contributed by atoms with Crippen LogP contribution in [0.4, 0.5) is 0 Å². The summed E-state index contributed by atoms with van der Waals surface area (Å²) in [5.41, 5.74) is 3.93. The summed E-state index contributed by atoms with van der Waals surface area (Å²) < 4.78 is 8.25. The highest BCUT2D eigenvalue weighted by Gasteiger charge is 2.25. The smallest absolute Gasteiger partial charge is 0.234 e. The van der Waals surface area contributed by atoms with Crippen LogP contribution in [-0.4, -0.2) is 34.2 Å². The molecule has 2 aliphatic rings. The molecule has 1 N–H and O–H groups in total. The summed E-state index contributed by atoms with van der Waals surface area (Å²) in [5.74, 6) is 2.54. The van der Waals surface area contributed by atoms with Gasteiger partial charge in [-0.15, -0.1) is 0 Å². The molecular formula is C25H29N5O. The molecule has 0 radical (unpaired) electrons. The second-order valence-electron chi connectivity index (χ2n) is 8.88. The standard InChI is InChI=1S/C25H29N5O/c1-30-13-9-20-24(28-23(16-26)29-25(20)30)19-5-6-22(21(15-19)18-3-2-4-18)31-14-10-17-7-11-27-12-8-17/h5-6,9,13,15,17-18,27H,2-4,7-8,10-12,14H2,1H3. The van der Waals surface area contributed by atoms with E-state index in [1.807, 2.05) is 23.9 Å². The Morgan fingerprint density at radius 3 is 2.74 bits per heavy atom. The van der Waals surface area contributed by atoms with Crippen LogP contribution < -0.4 is 10.1 Å². The molecule has 1 aliphatic heterocycles. The number of nitrogens with one attached hydrogen (secondary N) is 1. The SMILES string of the molecule is Cn1ccc2c(-c3ccc(OCCC4CCNCC4)c(C4CCC4)c3)nc(C#N)nc21. The fourth-order valence-corrected chi connectivity index (χ4v) is 4.78. The first-order chi connectivity index (χ1) is 15.2. The van der Waals surface area contributed by atoms with Crippen molar-refractivity contribution in [1.82, 2.24) is 19.9 Å². The Kier molecular flexibility index (Phi) is 5.61. The summed E-state index contributed by atoms with van der Waals surface area (Å²) in [5, 5.41) is 13.8. The molecule has 1 saturated carbocycles. The van der Waals surface area contributed by atoms with Gasteiger partial charge in [0.25, 0.3) is 0 Å². The lowest BCUT2D eigenvalue weighted by Crippen LogP contribution is -2.28. The average Bonchev–Trinajstić information content (AvgIpc) is 3.14. The maximum atomic E-state index is 9.43. The van der Waals surface area contributed by atoms with Gasteiger partial charge in [0.2, 0.25) is 5.82 Å². The third kappa shape index (κ3) is 4.03. The number of ether oxygens (including phenoxy) is 1. The van der Waals surface area contributed by atoms with E-state index in [2.05, 4.69) is 39.6 Å². The minimum Gasteiger partial charge on any atom is -0.493 e. The van der Waals surface area contributed by atoms with Crippen molar-refractivity contribution < 1.29 is 4.74 Å². The molecule has 160 valence electrons. The molecular weight excluding hydrogens is 386 g/mol. The van der Waals surface area contributed by atoms with E-state index >= 15 is 0 Å². The Labute approximate surface area is 183 Å². The Bertz CT molecular complexity index is 1120. The predicted octanol–water partition coefficient (Wildman–Crippen LogP) is 4.54. The minimum absolute atomic E-state index is 0.205. The second-order valence-corrected chi connectivity index (χ2v) is 8.88. The number of aromatic nitrogens is 3. The monoisotopic (exact) mass is 415 g/mol. The summed E-state index contributed by atoms with van der Waals surface area (Å²) in [6, 6.07) is 10.6. The van der Waals surface area contributed by atoms with E-state index in [1.54, 1.807) is 0 Å². The highest BCUT2D eigenvalue weighted by Crippen LogP contribution is 2.43. The zero-order valence-electron chi connectivity index (χ0n) is 18.1. The average molecular weight is 416 g/mol. The van der Waals surface area contributed by atoms with Crippen molar-refractivity contribution in [2.24, 2.45) is 13.0 Å². The highest BCUT2D eigenvalue weighted by molar-refractivity contribution is 5.91. The highest BCUT2D eigenvalue weighted by atomic mass is 16.5. The number of nitriles is 1. The van der Waals surface area contributed by atoms with E-state index in [0.717, 1.165) is 60.1 Å². The van der Waals surface area contributed by atoms with Gasteiger partial charge in [-0.25, -0.2) is 9.97 Å². The quantitative estimate of drug-likeness (QED) is 0.639. The molecule has 5 rings (SSSR count). The Hall–Kier alpha value is -2.91. The fraction of sp³-hybridized carbons (Fsp3) is 0.480. The van der Waals surface area contributed by atoms with Gasteiger partial charge in [-0.1, -0.05) is 6.42 Å². The number of hydrogen-bond donors (Lipinski definition) is 1. The van der Waals surface area contributed by atoms with Gasteiger partial charge in [0.1, 0.15) is 17.5 Å². The number of nitrogens with zero attached hydrogens (tertiary/aromatic N) is 4. The first-order valence-corrected chi connectivity index (χ1v) is 11.4. The molecule has 0 spiro atoms. The molecule has 1 aliphatic carbocycles. The largest absolute Gasteiger partial charge is 0.493 e. The van der Waals surface area contributed by atoms with E-state index in [-0.39, 0.29) is 5.82 Å². The second kappa shape index (κ2) is 8.68. The number of rotatable bonds is 6. The topological polar surface area (TPSA) is 75.8 Å². The van der Waals surface area contributed by atoms with Crippen molar-refractivity contribution in [2.75, 3.05) is 19.7 Å². The number of aryl methyl sites for hydroxylation is 1. The van der Waals surface area contributed by atoms with Crippen LogP contribution >= 0.6 is 0 Å². The molecule has 1 saturated heterocycles. The predicted molar refractivity (Wildman–Crippen MR) is 121 cm³/mol. The fourth-order valence-electron chi connectivity index (χ4n) is 4.78. The molecule has 0 amide bonds. The van der Waals surface area contributed by atoms with Crippen LogP contribution in [0, 0.1) is 17.2 Å². The van der Waals surface area contributed by atoms with Crippen LogP contribution in [-0.2, 0) is 7.05 Å². The Morgan fingerprint density at radius 2 is 2.00 bits per heavy atom. The molecule has 31 heavy (non-hydrogen) atoms. The molecule has 2 aromatic heterocycles. The van der Waals surface area contributed by atoms with Gasteiger partial charge < -0.3 is 14.6 Å². The summed E-state index contributed by atoms with van der Waals surface area (Å²) in [6.07, 6.45) is 9.28. The summed E-state index contributed by atoms with van der Waals surface area (Å²) in [4.78, 5) is 8.96. The maximum absolute atomic E-state index is 9.43. The third-order valence-corrected chi connectivity index (χ3v) is 6.90. The van der Waals surface area contributed by atoms with Crippen molar-refractivity contribution in [3.8, 4) is 23.1 Å². The van der Waals surface area contributed by atoms with Gasteiger partial charge in [-0.05, 0) is 86.9 Å². The number of piperidine rings is 1. The zero-order chi connectivity index (χ0) is 21.2. The van der Waals surface area contributed by atoms with Crippen molar-refractivity contribution in [3.05, 3.63) is 41.9 Å². The zero-order valence-corrected chi connectivity index (χ0v) is 18.1. The molecule has 0 unspecified atom stereocenters. The van der Waals surface area contributed by atoms with Crippen molar-refractivity contribution >= 4 is 11.0 Å². The van der Waals surface area contributed by atoms with Crippen LogP contribution in [0.5, 0.6) is 5.75 Å². The van der Waals surface area contributed by atoms with E-state index in [1.165, 1.54) is 37.7 Å². The van der Waals surface area contributed by atoms with Crippen molar-refractivity contribution in [1.29, 1.82) is 5.26 Å². The van der Waals surface area contributed by atoms with Crippen LogP contribution in [0.1, 0.15) is 55.8 Å². The van der Waals surface area contributed by atoms with Crippen LogP contribution in [0.3, 0.4) is 0 Å². The van der Waals surface area contributed by atoms with Gasteiger partial charge in [0, 0.05) is 24.2 Å². The molecule has 1 aromatic carbocycles. The van der Waals surface area contributed by atoms with Gasteiger partial charge >= 0.3 is 0 Å². The van der Waals surface area contributed by atoms with Crippen molar-refractivity contribution in [3.63, 3.8) is 0 Å². The molecule has 0 atom stereocenters. The lowest BCUT2D eigenvalue weighted by molar-refractivity contribution is 0.247.